The maximum Gasteiger partial charge on any atom is 0.259 e. The summed E-state index contributed by atoms with van der Waals surface area (Å²) in [6.07, 6.45) is 0. The van der Waals surface area contributed by atoms with Gasteiger partial charge in [-0.25, -0.2) is 0 Å². The average molecular weight is 329 g/mol. The van der Waals surface area contributed by atoms with E-state index in [0.717, 1.165) is 11.3 Å². The van der Waals surface area contributed by atoms with Gasteiger partial charge in [0.25, 0.3) is 5.91 Å². The third kappa shape index (κ3) is 3.79. The minimum Gasteiger partial charge on any atom is -0.496 e. The second kappa shape index (κ2) is 7.73. The molecule has 1 N–H and O–H groups in total. The van der Waals surface area contributed by atoms with Crippen molar-refractivity contribution in [2.45, 2.75) is 19.8 Å². The Bertz CT molecular complexity index is 725. The Morgan fingerprint density at radius 3 is 2.12 bits per heavy atom. The summed E-state index contributed by atoms with van der Waals surface area (Å²) in [5, 5.41) is 2.90. The maximum atomic E-state index is 12.7. The Kier molecular flexibility index (Phi) is 5.68. The van der Waals surface area contributed by atoms with Crippen LogP contribution in [0, 0.1) is 0 Å². The number of nitrogens with one attached hydrogen (secondary N) is 1. The van der Waals surface area contributed by atoms with Crippen LogP contribution in [0.4, 0.5) is 5.69 Å². The summed E-state index contributed by atoms with van der Waals surface area (Å²) in [7, 11) is 4.57. The number of carbonyl (C=O) groups is 1. The summed E-state index contributed by atoms with van der Waals surface area (Å²) < 4.78 is 15.8. The molecule has 5 nitrogen and oxygen atoms in total. The summed E-state index contributed by atoms with van der Waals surface area (Å²) in [6.45, 7) is 4.22. The van der Waals surface area contributed by atoms with Crippen molar-refractivity contribution in [3.63, 3.8) is 0 Å². The normalized spacial score (nSPS) is 10.4. The number of methoxy groups -OCH3 is 3. The highest BCUT2D eigenvalue weighted by molar-refractivity contribution is 6.06. The number of amides is 1. The molecule has 0 radical (unpaired) electrons. The zero-order valence-electron chi connectivity index (χ0n) is 14.7. The molecule has 0 unspecified atom stereocenters. The molecule has 2 rings (SSSR count). The van der Waals surface area contributed by atoms with Crippen LogP contribution in [0.5, 0.6) is 17.2 Å². The van der Waals surface area contributed by atoms with Crippen LogP contribution in [0.1, 0.15) is 35.7 Å². The van der Waals surface area contributed by atoms with Gasteiger partial charge in [0.1, 0.15) is 5.75 Å². The van der Waals surface area contributed by atoms with Gasteiger partial charge in [-0.15, -0.1) is 0 Å². The molecular formula is C19H23NO4. The second-order valence-electron chi connectivity index (χ2n) is 5.64. The van der Waals surface area contributed by atoms with E-state index < -0.39 is 0 Å². The first-order valence-corrected chi connectivity index (χ1v) is 7.71. The summed E-state index contributed by atoms with van der Waals surface area (Å²) in [5.41, 5.74) is 2.28. The van der Waals surface area contributed by atoms with Crippen LogP contribution in [-0.4, -0.2) is 27.2 Å². The highest BCUT2D eigenvalue weighted by atomic mass is 16.5. The van der Waals surface area contributed by atoms with E-state index in [0.29, 0.717) is 28.7 Å². The fraction of sp³-hybridized carbons (Fsp3) is 0.316. The molecule has 1 amide bonds. The second-order valence-corrected chi connectivity index (χ2v) is 5.64. The van der Waals surface area contributed by atoms with Crippen molar-refractivity contribution in [1.29, 1.82) is 0 Å². The maximum absolute atomic E-state index is 12.7. The van der Waals surface area contributed by atoms with Gasteiger partial charge >= 0.3 is 0 Å². The molecule has 5 heteroatoms. The van der Waals surface area contributed by atoms with Gasteiger partial charge in [-0.05, 0) is 23.6 Å². The van der Waals surface area contributed by atoms with Crippen molar-refractivity contribution in [1.82, 2.24) is 0 Å². The smallest absolute Gasteiger partial charge is 0.259 e. The molecule has 0 aliphatic heterocycles. The number of hydrogen-bond donors (Lipinski definition) is 1. The minimum atomic E-state index is -0.270. The zero-order valence-corrected chi connectivity index (χ0v) is 14.7. The lowest BCUT2D eigenvalue weighted by molar-refractivity contribution is 0.102. The lowest BCUT2D eigenvalue weighted by Crippen LogP contribution is -2.14. The van der Waals surface area contributed by atoms with E-state index in [1.165, 1.54) is 21.3 Å². The van der Waals surface area contributed by atoms with Crippen molar-refractivity contribution in [2.24, 2.45) is 0 Å². The first-order valence-electron chi connectivity index (χ1n) is 7.71. The predicted octanol–water partition coefficient (Wildman–Crippen LogP) is 4.09. The van der Waals surface area contributed by atoms with Crippen LogP contribution in [0.25, 0.3) is 0 Å². The number of ether oxygens (including phenoxy) is 3. The molecule has 0 aliphatic rings. The van der Waals surface area contributed by atoms with E-state index in [4.69, 9.17) is 14.2 Å². The standard InChI is InChI=1S/C19H23NO4/c1-12(2)13-7-6-8-14(9-13)20-19(21)15-10-17(23-4)18(24-5)11-16(15)22-3/h6-12H,1-5H3,(H,20,21). The van der Waals surface area contributed by atoms with Gasteiger partial charge in [0.05, 0.1) is 26.9 Å². The van der Waals surface area contributed by atoms with Gasteiger partial charge in [0, 0.05) is 17.8 Å². The molecule has 0 aromatic heterocycles. The van der Waals surface area contributed by atoms with E-state index >= 15 is 0 Å². The topological polar surface area (TPSA) is 56.8 Å². The van der Waals surface area contributed by atoms with Crippen LogP contribution >= 0.6 is 0 Å². The Hall–Kier alpha value is -2.69. The summed E-state index contributed by atoms with van der Waals surface area (Å²) in [6, 6.07) is 11.0. The SMILES string of the molecule is COc1cc(OC)c(C(=O)Nc2cccc(C(C)C)c2)cc1OC. The fourth-order valence-corrected chi connectivity index (χ4v) is 2.38. The lowest BCUT2D eigenvalue weighted by atomic mass is 10.0. The molecule has 0 atom stereocenters. The van der Waals surface area contributed by atoms with Crippen LogP contribution in [-0.2, 0) is 0 Å². The van der Waals surface area contributed by atoms with Gasteiger partial charge in [-0.3, -0.25) is 4.79 Å². The van der Waals surface area contributed by atoms with Crippen molar-refractivity contribution < 1.29 is 19.0 Å². The first kappa shape index (κ1) is 17.7. The molecule has 24 heavy (non-hydrogen) atoms. The number of rotatable bonds is 6. The van der Waals surface area contributed by atoms with Crippen LogP contribution in [0.2, 0.25) is 0 Å². The van der Waals surface area contributed by atoms with Crippen LogP contribution in [0.15, 0.2) is 36.4 Å². The highest BCUT2D eigenvalue weighted by Gasteiger charge is 2.18. The molecule has 2 aromatic carbocycles. The van der Waals surface area contributed by atoms with Gasteiger partial charge in [0.15, 0.2) is 11.5 Å². The van der Waals surface area contributed by atoms with Gasteiger partial charge in [-0.1, -0.05) is 26.0 Å². The number of hydrogen-bond acceptors (Lipinski definition) is 4. The molecule has 0 saturated heterocycles. The Balaban J connectivity index is 2.34. The Morgan fingerprint density at radius 2 is 1.54 bits per heavy atom. The Morgan fingerprint density at radius 1 is 0.917 bits per heavy atom. The minimum absolute atomic E-state index is 0.270. The molecular weight excluding hydrogens is 306 g/mol. The van der Waals surface area contributed by atoms with Gasteiger partial charge in [-0.2, -0.15) is 0 Å². The van der Waals surface area contributed by atoms with Gasteiger partial charge < -0.3 is 19.5 Å². The first-order chi connectivity index (χ1) is 11.5. The molecule has 0 bridgehead atoms. The quantitative estimate of drug-likeness (QED) is 0.867. The average Bonchev–Trinajstić information content (AvgIpc) is 2.60. The third-order valence-electron chi connectivity index (χ3n) is 3.76. The van der Waals surface area contributed by atoms with Crippen LogP contribution in [0.3, 0.4) is 0 Å². The molecule has 128 valence electrons. The zero-order chi connectivity index (χ0) is 17.7. The number of anilines is 1. The van der Waals surface area contributed by atoms with E-state index in [1.54, 1.807) is 12.1 Å². The molecule has 0 spiro atoms. The van der Waals surface area contributed by atoms with E-state index in [1.807, 2.05) is 24.3 Å². The molecule has 0 heterocycles. The van der Waals surface area contributed by atoms with Crippen molar-refractivity contribution in [3.8, 4) is 17.2 Å². The van der Waals surface area contributed by atoms with E-state index in [2.05, 4.69) is 19.2 Å². The van der Waals surface area contributed by atoms with E-state index in [-0.39, 0.29) is 5.91 Å². The molecule has 2 aromatic rings. The predicted molar refractivity (Wildman–Crippen MR) is 94.6 cm³/mol. The highest BCUT2D eigenvalue weighted by Crippen LogP contribution is 2.35. The molecule has 0 fully saturated rings. The summed E-state index contributed by atoms with van der Waals surface area (Å²) >= 11 is 0. The molecule has 0 aliphatic carbocycles. The van der Waals surface area contributed by atoms with Crippen molar-refractivity contribution >= 4 is 11.6 Å². The van der Waals surface area contributed by atoms with Crippen molar-refractivity contribution in [3.05, 3.63) is 47.5 Å². The largest absolute Gasteiger partial charge is 0.496 e. The monoisotopic (exact) mass is 329 g/mol. The van der Waals surface area contributed by atoms with Crippen molar-refractivity contribution in [2.75, 3.05) is 26.6 Å². The van der Waals surface area contributed by atoms with E-state index in [9.17, 15) is 4.79 Å². The van der Waals surface area contributed by atoms with Crippen LogP contribution < -0.4 is 19.5 Å². The molecule has 0 saturated carbocycles. The summed E-state index contributed by atoms with van der Waals surface area (Å²) in [5.74, 6) is 1.52. The summed E-state index contributed by atoms with van der Waals surface area (Å²) in [4.78, 5) is 12.7. The Labute approximate surface area is 142 Å². The lowest BCUT2D eigenvalue weighted by Gasteiger charge is -2.14. The fourth-order valence-electron chi connectivity index (χ4n) is 2.38. The number of carbonyl (C=O) groups excluding carboxylic acids is 1. The van der Waals surface area contributed by atoms with Gasteiger partial charge in [0.2, 0.25) is 0 Å². The third-order valence-corrected chi connectivity index (χ3v) is 3.76. The number of benzene rings is 2.